The van der Waals surface area contributed by atoms with Crippen LogP contribution in [0, 0.1) is 5.82 Å². The lowest BCUT2D eigenvalue weighted by atomic mass is 10.2. The predicted molar refractivity (Wildman–Crippen MR) is 101 cm³/mol. The van der Waals surface area contributed by atoms with Gasteiger partial charge in [0.25, 0.3) is 5.91 Å². The molecule has 0 saturated heterocycles. The number of halogens is 1. The minimum atomic E-state index is -0.652. The van der Waals surface area contributed by atoms with Crippen LogP contribution < -0.4 is 15.4 Å². The maximum absolute atomic E-state index is 13.5. The number of aromatic nitrogens is 1. The lowest BCUT2D eigenvalue weighted by Crippen LogP contribution is -2.33. The van der Waals surface area contributed by atoms with Crippen molar-refractivity contribution in [3.05, 3.63) is 65.3 Å². The molecule has 0 spiro atoms. The molecular formula is C19H16FN3O3S. The number of methoxy groups -OCH3 is 1. The van der Waals surface area contributed by atoms with Gasteiger partial charge in [-0.05, 0) is 36.4 Å². The normalized spacial score (nSPS) is 10.3. The van der Waals surface area contributed by atoms with Crippen molar-refractivity contribution in [2.75, 3.05) is 19.0 Å². The van der Waals surface area contributed by atoms with Gasteiger partial charge in [-0.2, -0.15) is 0 Å². The van der Waals surface area contributed by atoms with Gasteiger partial charge in [-0.25, -0.2) is 9.37 Å². The molecule has 0 saturated carbocycles. The largest absolute Gasteiger partial charge is 0.497 e. The van der Waals surface area contributed by atoms with Gasteiger partial charge in [0.15, 0.2) is 5.13 Å². The third-order valence-corrected chi connectivity index (χ3v) is 4.42. The second kappa shape index (κ2) is 8.41. The van der Waals surface area contributed by atoms with Crippen LogP contribution in [-0.4, -0.2) is 30.5 Å². The highest BCUT2D eigenvalue weighted by Crippen LogP contribution is 2.26. The van der Waals surface area contributed by atoms with E-state index in [0.717, 1.165) is 11.3 Å². The van der Waals surface area contributed by atoms with E-state index in [4.69, 9.17) is 4.74 Å². The third kappa shape index (κ3) is 4.68. The summed E-state index contributed by atoms with van der Waals surface area (Å²) in [6, 6.07) is 13.0. The van der Waals surface area contributed by atoms with Crippen LogP contribution in [0.4, 0.5) is 9.52 Å². The Morgan fingerprint density at radius 3 is 2.59 bits per heavy atom. The van der Waals surface area contributed by atoms with E-state index in [1.54, 1.807) is 13.2 Å². The topological polar surface area (TPSA) is 80.3 Å². The van der Waals surface area contributed by atoms with Gasteiger partial charge in [0.05, 0.1) is 24.9 Å². The zero-order valence-corrected chi connectivity index (χ0v) is 15.2. The van der Waals surface area contributed by atoms with Crippen LogP contribution in [0.3, 0.4) is 0 Å². The molecule has 2 aromatic carbocycles. The van der Waals surface area contributed by atoms with E-state index in [0.29, 0.717) is 10.8 Å². The Morgan fingerprint density at radius 1 is 1.15 bits per heavy atom. The number of benzene rings is 2. The first-order valence-corrected chi connectivity index (χ1v) is 8.87. The summed E-state index contributed by atoms with van der Waals surface area (Å²) in [6.45, 7) is -0.287. The van der Waals surface area contributed by atoms with Gasteiger partial charge < -0.3 is 15.4 Å². The molecule has 0 aliphatic rings. The first kappa shape index (κ1) is 18.5. The SMILES string of the molecule is COc1ccc(-c2csc(NC(=O)CNC(=O)c3ccccc3F)n2)cc1. The standard InChI is InChI=1S/C19H16FN3O3S/c1-26-13-8-6-12(7-9-13)16-11-27-19(22-16)23-17(24)10-21-18(25)14-4-2-3-5-15(14)20/h2-9,11H,10H2,1H3,(H,21,25)(H,22,23,24). The fourth-order valence-electron chi connectivity index (χ4n) is 2.29. The number of hydrogen-bond donors (Lipinski definition) is 2. The van der Waals surface area contributed by atoms with Crippen molar-refractivity contribution in [3.63, 3.8) is 0 Å². The first-order chi connectivity index (χ1) is 13.1. The Labute approximate surface area is 159 Å². The van der Waals surface area contributed by atoms with E-state index in [1.807, 2.05) is 29.6 Å². The molecule has 3 aromatic rings. The first-order valence-electron chi connectivity index (χ1n) is 7.99. The number of nitrogens with zero attached hydrogens (tertiary/aromatic N) is 1. The van der Waals surface area contributed by atoms with E-state index >= 15 is 0 Å². The van der Waals surface area contributed by atoms with Crippen LogP contribution in [0.2, 0.25) is 0 Å². The van der Waals surface area contributed by atoms with Crippen LogP contribution in [0.5, 0.6) is 5.75 Å². The smallest absolute Gasteiger partial charge is 0.254 e. The summed E-state index contributed by atoms with van der Waals surface area (Å²) in [5.74, 6) is -0.996. The summed E-state index contributed by atoms with van der Waals surface area (Å²) < 4.78 is 18.7. The van der Waals surface area contributed by atoms with Gasteiger partial charge in [-0.1, -0.05) is 12.1 Å². The summed E-state index contributed by atoms with van der Waals surface area (Å²) in [6.07, 6.45) is 0. The van der Waals surface area contributed by atoms with Crippen LogP contribution in [0.25, 0.3) is 11.3 Å². The molecule has 8 heteroatoms. The highest BCUT2D eigenvalue weighted by atomic mass is 32.1. The maximum Gasteiger partial charge on any atom is 0.254 e. The van der Waals surface area contributed by atoms with E-state index in [-0.39, 0.29) is 12.1 Å². The van der Waals surface area contributed by atoms with Gasteiger partial charge in [-0.3, -0.25) is 9.59 Å². The Kier molecular flexibility index (Phi) is 5.77. The van der Waals surface area contributed by atoms with Crippen molar-refractivity contribution >= 4 is 28.3 Å². The second-order valence-electron chi connectivity index (χ2n) is 5.48. The van der Waals surface area contributed by atoms with E-state index in [9.17, 15) is 14.0 Å². The molecule has 2 N–H and O–H groups in total. The molecule has 1 aromatic heterocycles. The zero-order chi connectivity index (χ0) is 19.2. The van der Waals surface area contributed by atoms with Crippen molar-refractivity contribution in [2.24, 2.45) is 0 Å². The van der Waals surface area contributed by atoms with Gasteiger partial charge >= 0.3 is 0 Å². The monoisotopic (exact) mass is 385 g/mol. The zero-order valence-electron chi connectivity index (χ0n) is 14.4. The number of carbonyl (C=O) groups is 2. The molecule has 0 aliphatic carbocycles. The lowest BCUT2D eigenvalue weighted by molar-refractivity contribution is -0.115. The van der Waals surface area contributed by atoms with Crippen LogP contribution >= 0.6 is 11.3 Å². The molecule has 0 bridgehead atoms. The molecule has 1 heterocycles. The van der Waals surface area contributed by atoms with Crippen LogP contribution in [0.15, 0.2) is 53.9 Å². The van der Waals surface area contributed by atoms with E-state index in [1.165, 1.54) is 29.5 Å². The Balaban J connectivity index is 1.56. The number of amides is 2. The maximum atomic E-state index is 13.5. The number of anilines is 1. The highest BCUT2D eigenvalue weighted by molar-refractivity contribution is 7.14. The van der Waals surface area contributed by atoms with Gasteiger partial charge in [-0.15, -0.1) is 11.3 Å². The molecule has 2 amide bonds. The van der Waals surface area contributed by atoms with E-state index in [2.05, 4.69) is 15.6 Å². The summed E-state index contributed by atoms with van der Waals surface area (Å²) in [7, 11) is 1.59. The third-order valence-electron chi connectivity index (χ3n) is 3.66. The average Bonchev–Trinajstić information content (AvgIpc) is 3.15. The highest BCUT2D eigenvalue weighted by Gasteiger charge is 2.13. The van der Waals surface area contributed by atoms with Crippen molar-refractivity contribution in [3.8, 4) is 17.0 Å². The Bertz CT molecular complexity index is 957. The number of rotatable bonds is 6. The fraction of sp³-hybridized carbons (Fsp3) is 0.105. The molecule has 3 rings (SSSR count). The van der Waals surface area contributed by atoms with Gasteiger partial charge in [0.1, 0.15) is 11.6 Å². The minimum absolute atomic E-state index is 0.110. The molecule has 0 fully saturated rings. The van der Waals surface area contributed by atoms with Crippen molar-refractivity contribution in [1.29, 1.82) is 0 Å². The van der Waals surface area contributed by atoms with Crippen molar-refractivity contribution in [1.82, 2.24) is 10.3 Å². The summed E-state index contributed by atoms with van der Waals surface area (Å²) >= 11 is 1.27. The van der Waals surface area contributed by atoms with Gasteiger partial charge in [0.2, 0.25) is 5.91 Å². The molecule has 138 valence electrons. The summed E-state index contributed by atoms with van der Waals surface area (Å²) in [5.41, 5.74) is 1.50. The lowest BCUT2D eigenvalue weighted by Gasteiger charge is -2.05. The average molecular weight is 385 g/mol. The molecule has 0 unspecified atom stereocenters. The molecule has 0 aliphatic heterocycles. The molecule has 6 nitrogen and oxygen atoms in total. The molecular weight excluding hydrogens is 369 g/mol. The molecule has 0 radical (unpaired) electrons. The van der Waals surface area contributed by atoms with Gasteiger partial charge in [0, 0.05) is 10.9 Å². The number of ether oxygens (including phenoxy) is 1. The van der Waals surface area contributed by atoms with Crippen molar-refractivity contribution < 1.29 is 18.7 Å². The molecule has 27 heavy (non-hydrogen) atoms. The predicted octanol–water partition coefficient (Wildman–Crippen LogP) is 3.33. The number of nitrogens with one attached hydrogen (secondary N) is 2. The Morgan fingerprint density at radius 2 is 1.89 bits per heavy atom. The quantitative estimate of drug-likeness (QED) is 0.682. The number of hydrogen-bond acceptors (Lipinski definition) is 5. The number of carbonyl (C=O) groups excluding carboxylic acids is 2. The van der Waals surface area contributed by atoms with Crippen LogP contribution in [-0.2, 0) is 4.79 Å². The summed E-state index contributed by atoms with van der Waals surface area (Å²) in [4.78, 5) is 28.3. The summed E-state index contributed by atoms with van der Waals surface area (Å²) in [5, 5.41) is 7.22. The fourth-order valence-corrected chi connectivity index (χ4v) is 3.03. The van der Waals surface area contributed by atoms with Crippen LogP contribution in [0.1, 0.15) is 10.4 Å². The van der Waals surface area contributed by atoms with E-state index < -0.39 is 17.6 Å². The Hall–Kier alpha value is -3.26. The minimum Gasteiger partial charge on any atom is -0.497 e. The van der Waals surface area contributed by atoms with Crippen molar-refractivity contribution in [2.45, 2.75) is 0 Å². The second-order valence-corrected chi connectivity index (χ2v) is 6.34. The number of thiazole rings is 1. The molecule has 0 atom stereocenters.